The third-order valence-corrected chi connectivity index (χ3v) is 21.0. The van der Waals surface area contributed by atoms with Crippen molar-refractivity contribution in [1.29, 1.82) is 0 Å². The number of nitrogens with zero attached hydrogens (tertiary/aromatic N) is 2. The molecule has 1 aliphatic carbocycles. The van der Waals surface area contributed by atoms with E-state index in [1.807, 2.05) is 0 Å². The number of guanidine groups is 1. The van der Waals surface area contributed by atoms with E-state index >= 15 is 14.4 Å². The molecular weight excluding hydrogens is 1460 g/mol. The standard InChI is InChI=1S/C69H92ClFN18O16S2/c70-43-10-4-3-9-38(43)30-49-64(101)81-45(11-5-26-78-69(75)76)60(97)77-27-24-55(92)80-46(19-21-54(73)91)61(98)83-50(31-39-33-79-44-18-15-40(71)32-42(39)44)65(102)82-47(20-22-57(94)95)62(99)86-51(59(74)96)34-106-107-35-52(66(103)88-58(68(105)85-49)37-7-1-2-8-37)87-63(100)48(29-36-13-16-41(90)17-14-36)84-67(104)53-12-6-28-89(53)56(93)23-25-72/h3-4,9-10,13-18,32-33,37,45-53,58,79,90H,1-2,5-8,11-12,19-31,34-35,72H2,(H2,73,91)(H2,74,96)(H,77,97)(H,80,92)(H,81,101)(H,82,102)(H,83,98)(H,84,104)(H,85,105)(H,86,99)(H,87,100)(H,88,103)(H,94,95)(H4,75,76,78)/t45-,46+,47-,48-,49-,50-,51-,52-,53-,58-/m0/s1. The predicted molar refractivity (Wildman–Crippen MR) is 394 cm³/mol. The highest BCUT2D eigenvalue weighted by molar-refractivity contribution is 8.76. The highest BCUT2D eigenvalue weighted by Gasteiger charge is 2.41. The molecule has 3 aliphatic rings. The van der Waals surface area contributed by atoms with E-state index in [4.69, 9.17) is 40.3 Å². The van der Waals surface area contributed by atoms with Crippen LogP contribution in [0.2, 0.25) is 5.02 Å². The van der Waals surface area contributed by atoms with E-state index in [2.05, 4.69) is 63.1 Å². The summed E-state index contributed by atoms with van der Waals surface area (Å²) in [4.78, 5) is 206. The Morgan fingerprint density at radius 3 is 1.97 bits per heavy atom. The Kier molecular flexibility index (Phi) is 32.6. The third-order valence-electron chi connectivity index (χ3n) is 18.2. The molecule has 3 fully saturated rings. The van der Waals surface area contributed by atoms with Gasteiger partial charge in [0.25, 0.3) is 0 Å². The first-order chi connectivity index (χ1) is 51.1. The molecule has 0 radical (unpaired) electrons. The minimum Gasteiger partial charge on any atom is -0.508 e. The lowest BCUT2D eigenvalue weighted by molar-refractivity contribution is -0.139. The molecule has 13 amide bonds. The van der Waals surface area contributed by atoms with Crippen LogP contribution >= 0.6 is 33.2 Å². The molecule has 0 bridgehead atoms. The molecule has 0 unspecified atom stereocenters. The van der Waals surface area contributed by atoms with Gasteiger partial charge >= 0.3 is 5.97 Å². The number of rotatable bonds is 24. The van der Waals surface area contributed by atoms with Crippen molar-refractivity contribution in [1.82, 2.24) is 63.1 Å². The number of amides is 13. The van der Waals surface area contributed by atoms with Crippen LogP contribution in [0.3, 0.4) is 0 Å². The fraction of sp³-hybridized carbons (Fsp3) is 0.493. The largest absolute Gasteiger partial charge is 0.508 e. The number of nitrogens with two attached hydrogens (primary N) is 5. The first kappa shape index (κ1) is 84.0. The van der Waals surface area contributed by atoms with E-state index in [0.717, 1.165) is 33.7 Å². The summed E-state index contributed by atoms with van der Waals surface area (Å²) in [6, 6.07) is 0.415. The molecule has 2 aliphatic heterocycles. The Hall–Kier alpha value is -10.3. The fourth-order valence-electron chi connectivity index (χ4n) is 12.5. The van der Waals surface area contributed by atoms with Crippen molar-refractivity contribution in [3.8, 4) is 5.75 Å². The molecule has 38 heteroatoms. The number of hydrogen-bond donors (Lipinski definition) is 18. The van der Waals surface area contributed by atoms with Gasteiger partial charge in [0.05, 0.1) is 0 Å². The van der Waals surface area contributed by atoms with Gasteiger partial charge in [-0.05, 0) is 110 Å². The van der Waals surface area contributed by atoms with E-state index in [-0.39, 0.29) is 91.7 Å². The van der Waals surface area contributed by atoms with E-state index in [1.165, 1.54) is 41.4 Å². The van der Waals surface area contributed by atoms with Crippen LogP contribution in [0.25, 0.3) is 10.9 Å². The summed E-state index contributed by atoms with van der Waals surface area (Å²) in [5, 5.41) is 46.7. The number of halogens is 2. The Labute approximate surface area is 627 Å². The summed E-state index contributed by atoms with van der Waals surface area (Å²) in [7, 11) is 1.70. The summed E-state index contributed by atoms with van der Waals surface area (Å²) in [6.07, 6.45) is 0.0944. The number of aromatic amines is 1. The maximum Gasteiger partial charge on any atom is 0.303 e. The van der Waals surface area contributed by atoms with Crippen molar-refractivity contribution in [2.24, 2.45) is 39.6 Å². The van der Waals surface area contributed by atoms with Crippen molar-refractivity contribution in [2.45, 2.75) is 170 Å². The number of phenols is 1. The second kappa shape index (κ2) is 41.6. The number of aliphatic carboxylic acids is 1. The molecule has 3 aromatic carbocycles. The molecule has 23 N–H and O–H groups in total. The van der Waals surface area contributed by atoms with Gasteiger partial charge in [-0.1, -0.05) is 76.4 Å². The number of phenolic OH excluding ortho intramolecular Hbond substituents is 1. The number of aromatic hydroxyl groups is 1. The Morgan fingerprint density at radius 1 is 0.682 bits per heavy atom. The zero-order chi connectivity index (χ0) is 77.9. The van der Waals surface area contributed by atoms with Gasteiger partial charge in [-0.25, -0.2) is 4.39 Å². The summed E-state index contributed by atoms with van der Waals surface area (Å²) >= 11 is 6.68. The topological polar surface area (TPSA) is 561 Å². The number of nitrogens with one attached hydrogen (secondary N) is 11. The molecule has 2 saturated heterocycles. The van der Waals surface area contributed by atoms with Crippen LogP contribution in [0.15, 0.2) is 77.9 Å². The number of aromatic nitrogens is 1. The molecule has 10 atom stereocenters. The summed E-state index contributed by atoms with van der Waals surface area (Å²) in [5.41, 5.74) is 29.7. The number of fused-ring (bicyclic) bond motifs is 1. The molecule has 3 heterocycles. The molecule has 34 nitrogen and oxygen atoms in total. The Bertz CT molecular complexity index is 3900. The number of carboxylic acids is 1. The van der Waals surface area contributed by atoms with Crippen molar-refractivity contribution < 1.29 is 81.7 Å². The van der Waals surface area contributed by atoms with E-state index in [9.17, 15) is 67.3 Å². The lowest BCUT2D eigenvalue weighted by atomic mass is 9.95. The smallest absolute Gasteiger partial charge is 0.303 e. The molecule has 107 heavy (non-hydrogen) atoms. The van der Waals surface area contributed by atoms with E-state index in [1.54, 1.807) is 24.3 Å². The minimum atomic E-state index is -1.80. The van der Waals surface area contributed by atoms with Gasteiger partial charge in [-0.15, -0.1) is 0 Å². The number of hydrogen-bond acceptors (Lipinski definition) is 19. The number of carbonyl (C=O) groups is 14. The van der Waals surface area contributed by atoms with Gasteiger partial charge in [0, 0.05) is 105 Å². The van der Waals surface area contributed by atoms with Crippen LogP contribution in [0, 0.1) is 11.7 Å². The average Bonchev–Trinajstić information content (AvgIpc) is 1.71. The number of likely N-dealkylation sites (tertiary alicyclic amines) is 1. The van der Waals surface area contributed by atoms with Gasteiger partial charge < -0.3 is 102 Å². The second-order valence-electron chi connectivity index (χ2n) is 26.1. The molecule has 7 rings (SSSR count). The minimum absolute atomic E-state index is 0.00569. The van der Waals surface area contributed by atoms with Gasteiger partial charge in [0.1, 0.15) is 72.0 Å². The number of primary amides is 2. The van der Waals surface area contributed by atoms with Gasteiger partial charge in [0.15, 0.2) is 5.96 Å². The number of H-pyrrole nitrogens is 1. The molecule has 1 saturated carbocycles. The van der Waals surface area contributed by atoms with Gasteiger partial charge in [0.2, 0.25) is 76.8 Å². The quantitative estimate of drug-likeness (QED) is 0.0159. The molecular formula is C69H92ClFN18O16S2. The summed E-state index contributed by atoms with van der Waals surface area (Å²) < 4.78 is 14.8. The van der Waals surface area contributed by atoms with Crippen molar-refractivity contribution in [3.05, 3.63) is 100 Å². The number of carbonyl (C=O) groups excluding carboxylic acids is 13. The molecule has 1 aromatic heterocycles. The number of benzene rings is 3. The third kappa shape index (κ3) is 26.3. The zero-order valence-electron chi connectivity index (χ0n) is 58.5. The maximum absolute atomic E-state index is 15.3. The first-order valence-electron chi connectivity index (χ1n) is 34.9. The predicted octanol–water partition coefficient (Wildman–Crippen LogP) is -1.84. The van der Waals surface area contributed by atoms with Gasteiger partial charge in [-0.3, -0.25) is 72.1 Å². The fourth-order valence-corrected chi connectivity index (χ4v) is 15.1. The number of carboxylic acid groups (broad SMARTS) is 1. The highest BCUT2D eigenvalue weighted by Crippen LogP contribution is 2.30. The van der Waals surface area contributed by atoms with Crippen LogP contribution in [0.1, 0.15) is 107 Å². The molecule has 4 aromatic rings. The second-order valence-corrected chi connectivity index (χ2v) is 29.1. The maximum atomic E-state index is 15.3. The number of aliphatic imine (C=N–C) groups is 1. The van der Waals surface area contributed by atoms with Gasteiger partial charge in [-0.2, -0.15) is 0 Å². The molecule has 580 valence electrons. The lowest BCUT2D eigenvalue weighted by Gasteiger charge is -2.30. The van der Waals surface area contributed by atoms with Crippen molar-refractivity contribution >= 4 is 133 Å². The van der Waals surface area contributed by atoms with E-state index < -0.39 is 206 Å². The highest BCUT2D eigenvalue weighted by atomic mass is 35.5. The first-order valence-corrected chi connectivity index (χ1v) is 37.8. The Morgan fingerprint density at radius 2 is 1.31 bits per heavy atom. The summed E-state index contributed by atoms with van der Waals surface area (Å²) in [6.45, 7) is -0.246. The van der Waals surface area contributed by atoms with E-state index in [0.29, 0.717) is 48.7 Å². The normalized spacial score (nSPS) is 22.8. The average molecular weight is 1550 g/mol. The van der Waals surface area contributed by atoms with Crippen LogP contribution in [0.4, 0.5) is 4.39 Å². The summed E-state index contributed by atoms with van der Waals surface area (Å²) in [5.74, 6) is -15.9. The monoisotopic (exact) mass is 1550 g/mol. The van der Waals surface area contributed by atoms with Crippen LogP contribution in [-0.2, 0) is 86.4 Å². The Balaban J connectivity index is 1.29. The van der Waals surface area contributed by atoms with Crippen LogP contribution in [-0.4, -0.2) is 207 Å². The van der Waals surface area contributed by atoms with Crippen LogP contribution in [0.5, 0.6) is 5.75 Å². The van der Waals surface area contributed by atoms with Crippen molar-refractivity contribution in [3.63, 3.8) is 0 Å². The zero-order valence-corrected chi connectivity index (χ0v) is 60.9. The van der Waals surface area contributed by atoms with Crippen LogP contribution < -0.4 is 81.8 Å². The molecule has 0 spiro atoms. The SMILES string of the molecule is NCCC(=O)N1CCC[C@H]1C(=O)N[C@@H](Cc1ccc(O)cc1)C(=O)N[C@H]1CSSC[C@@H](C(N)=O)NC(=O)[C@H](CCC(=O)O)NC(=O)[C@H](Cc2c[nH]c3ccc(F)cc23)NC(=O)[C@@H](CCC(N)=O)NC(=O)CCNC(=O)[C@H](CCCN=C(N)N)NC(=O)[C@H](Cc2ccccc2Cl)NC(=O)[C@H](C2CCCC2)NC1=O. The lowest BCUT2D eigenvalue weighted by Crippen LogP contribution is -2.61. The van der Waals surface area contributed by atoms with Crippen molar-refractivity contribution in [2.75, 3.05) is 37.7 Å².